The maximum atomic E-state index is 13.2. The lowest BCUT2D eigenvalue weighted by molar-refractivity contribution is -0.142. The fourth-order valence-electron chi connectivity index (χ4n) is 3.57. The van der Waals surface area contributed by atoms with Crippen molar-refractivity contribution in [3.05, 3.63) is 101 Å². The van der Waals surface area contributed by atoms with Gasteiger partial charge >= 0.3 is 0 Å². The van der Waals surface area contributed by atoms with Crippen molar-refractivity contribution in [3.63, 3.8) is 0 Å². The largest absolute Gasteiger partial charge is 0.350 e. The highest BCUT2D eigenvalue weighted by molar-refractivity contribution is 5.92. The molecule has 5 heteroatoms. The van der Waals surface area contributed by atoms with Gasteiger partial charge in [0.05, 0.1) is 6.42 Å². The first-order chi connectivity index (χ1) is 13.7. The van der Waals surface area contributed by atoms with Gasteiger partial charge in [-0.05, 0) is 34.4 Å². The predicted octanol–water partition coefficient (Wildman–Crippen LogP) is 3.02. The van der Waals surface area contributed by atoms with E-state index in [1.807, 2.05) is 66.7 Å². The Bertz CT molecular complexity index is 973. The lowest BCUT2D eigenvalue weighted by Gasteiger charge is -2.36. The number of benzene rings is 2. The quantitative estimate of drug-likeness (QED) is 0.750. The Hall–Kier alpha value is -3.47. The molecular formula is C23H21N3O2. The van der Waals surface area contributed by atoms with Crippen LogP contribution < -0.4 is 5.32 Å². The second-order valence-corrected chi connectivity index (χ2v) is 6.86. The normalized spacial score (nSPS) is 15.8. The molecule has 5 nitrogen and oxygen atoms in total. The summed E-state index contributed by atoms with van der Waals surface area (Å²) in [5, 5.41) is 2.99. The summed E-state index contributed by atoms with van der Waals surface area (Å²) in [5.41, 5.74) is 3.78. The van der Waals surface area contributed by atoms with E-state index in [2.05, 4.69) is 10.3 Å². The number of nitrogens with one attached hydrogen (secondary N) is 1. The highest BCUT2D eigenvalue weighted by atomic mass is 16.2. The van der Waals surface area contributed by atoms with Crippen LogP contribution in [0, 0.1) is 0 Å². The van der Waals surface area contributed by atoms with E-state index in [1.54, 1.807) is 17.3 Å². The van der Waals surface area contributed by atoms with Gasteiger partial charge in [0.2, 0.25) is 11.8 Å². The monoisotopic (exact) mass is 371 g/mol. The summed E-state index contributed by atoms with van der Waals surface area (Å²) in [6, 6.07) is 20.5. The van der Waals surface area contributed by atoms with Crippen LogP contribution in [0.4, 0.5) is 0 Å². The third kappa shape index (κ3) is 3.78. The summed E-state index contributed by atoms with van der Waals surface area (Å²) in [6.45, 7) is 0.800. The first-order valence-electron chi connectivity index (χ1n) is 9.30. The number of amides is 2. The van der Waals surface area contributed by atoms with Crippen LogP contribution in [0.15, 0.2) is 79.1 Å². The molecule has 0 saturated heterocycles. The lowest BCUT2D eigenvalue weighted by Crippen LogP contribution is -2.46. The van der Waals surface area contributed by atoms with Crippen molar-refractivity contribution in [1.29, 1.82) is 0 Å². The average molecular weight is 371 g/mol. The molecule has 2 heterocycles. The number of nitrogens with zero attached hydrogens (tertiary/aromatic N) is 2. The van der Waals surface area contributed by atoms with E-state index in [9.17, 15) is 9.59 Å². The van der Waals surface area contributed by atoms with Crippen LogP contribution in [0.3, 0.4) is 0 Å². The Morgan fingerprint density at radius 1 is 0.964 bits per heavy atom. The smallest absolute Gasteiger partial charge is 0.247 e. The van der Waals surface area contributed by atoms with Crippen LogP contribution in [0.1, 0.15) is 28.3 Å². The first-order valence-corrected chi connectivity index (χ1v) is 9.30. The molecule has 1 atom stereocenters. The molecule has 1 aliphatic heterocycles. The Labute approximate surface area is 164 Å². The Morgan fingerprint density at radius 3 is 2.46 bits per heavy atom. The molecule has 1 unspecified atom stereocenters. The van der Waals surface area contributed by atoms with Crippen LogP contribution in [0.25, 0.3) is 0 Å². The molecule has 140 valence electrons. The molecule has 0 spiro atoms. The number of hydrogen-bond donors (Lipinski definition) is 1. The maximum Gasteiger partial charge on any atom is 0.247 e. The van der Waals surface area contributed by atoms with Crippen molar-refractivity contribution in [3.8, 4) is 0 Å². The van der Waals surface area contributed by atoms with Gasteiger partial charge in [-0.25, -0.2) is 0 Å². The molecular weight excluding hydrogens is 350 g/mol. The standard InChI is InChI=1S/C23H21N3O2/c27-21-14-19-8-4-5-9-20(19)22(26(21)16-18-6-2-1-3-7-18)23(28)25-15-17-10-12-24-13-11-17/h1-13,22H,14-16H2,(H,25,28). The predicted molar refractivity (Wildman–Crippen MR) is 106 cm³/mol. The van der Waals surface area contributed by atoms with Crippen LogP contribution >= 0.6 is 0 Å². The summed E-state index contributed by atoms with van der Waals surface area (Å²) in [6.07, 6.45) is 3.71. The number of carbonyl (C=O) groups is 2. The summed E-state index contributed by atoms with van der Waals surface area (Å²) < 4.78 is 0. The van der Waals surface area contributed by atoms with E-state index >= 15 is 0 Å². The van der Waals surface area contributed by atoms with E-state index < -0.39 is 6.04 Å². The zero-order valence-electron chi connectivity index (χ0n) is 15.4. The minimum atomic E-state index is -0.639. The number of fused-ring (bicyclic) bond motifs is 1. The first kappa shape index (κ1) is 17.9. The maximum absolute atomic E-state index is 13.2. The third-order valence-corrected chi connectivity index (χ3v) is 4.98. The fourth-order valence-corrected chi connectivity index (χ4v) is 3.57. The summed E-state index contributed by atoms with van der Waals surface area (Å²) >= 11 is 0. The van der Waals surface area contributed by atoms with Crippen LogP contribution in [0.5, 0.6) is 0 Å². The molecule has 1 aliphatic rings. The van der Waals surface area contributed by atoms with Crippen molar-refractivity contribution >= 4 is 11.8 Å². The van der Waals surface area contributed by atoms with Gasteiger partial charge in [-0.1, -0.05) is 54.6 Å². The lowest BCUT2D eigenvalue weighted by atomic mass is 9.91. The highest BCUT2D eigenvalue weighted by Gasteiger charge is 2.36. The summed E-state index contributed by atoms with van der Waals surface area (Å²) in [4.78, 5) is 31.7. The second kappa shape index (κ2) is 8.05. The molecule has 0 bridgehead atoms. The van der Waals surface area contributed by atoms with Gasteiger partial charge in [-0.3, -0.25) is 14.6 Å². The zero-order chi connectivity index (χ0) is 19.3. The van der Waals surface area contributed by atoms with Crippen molar-refractivity contribution in [2.45, 2.75) is 25.6 Å². The van der Waals surface area contributed by atoms with E-state index in [4.69, 9.17) is 0 Å². The number of pyridine rings is 1. The van der Waals surface area contributed by atoms with Gasteiger partial charge in [-0.2, -0.15) is 0 Å². The summed E-state index contributed by atoms with van der Waals surface area (Å²) in [7, 11) is 0. The fraction of sp³-hybridized carbons (Fsp3) is 0.174. The molecule has 1 aromatic heterocycles. The van der Waals surface area contributed by atoms with E-state index in [1.165, 1.54) is 0 Å². The minimum absolute atomic E-state index is 0.0355. The molecule has 0 radical (unpaired) electrons. The molecule has 2 amide bonds. The average Bonchev–Trinajstić information content (AvgIpc) is 2.74. The summed E-state index contributed by atoms with van der Waals surface area (Å²) in [5.74, 6) is -0.208. The third-order valence-electron chi connectivity index (χ3n) is 4.98. The van der Waals surface area contributed by atoms with E-state index in [0.29, 0.717) is 19.5 Å². The number of aromatic nitrogens is 1. The van der Waals surface area contributed by atoms with Crippen LogP contribution in [0.2, 0.25) is 0 Å². The zero-order valence-corrected chi connectivity index (χ0v) is 15.4. The Kier molecular flexibility index (Phi) is 5.15. The van der Waals surface area contributed by atoms with Crippen LogP contribution in [-0.2, 0) is 29.1 Å². The molecule has 0 saturated carbocycles. The number of rotatable bonds is 5. The van der Waals surface area contributed by atoms with Gasteiger partial charge in [0.1, 0.15) is 6.04 Å². The number of hydrogen-bond acceptors (Lipinski definition) is 3. The Balaban J connectivity index is 1.62. The molecule has 0 aliphatic carbocycles. The molecule has 2 aromatic carbocycles. The molecule has 4 rings (SSSR count). The molecule has 3 aromatic rings. The van der Waals surface area contributed by atoms with Crippen LogP contribution in [-0.4, -0.2) is 21.7 Å². The van der Waals surface area contributed by atoms with Crippen molar-refractivity contribution < 1.29 is 9.59 Å². The highest BCUT2D eigenvalue weighted by Crippen LogP contribution is 2.32. The number of carbonyl (C=O) groups excluding carboxylic acids is 2. The van der Waals surface area contributed by atoms with Gasteiger partial charge in [0.15, 0.2) is 0 Å². The van der Waals surface area contributed by atoms with Gasteiger partial charge in [0.25, 0.3) is 0 Å². The minimum Gasteiger partial charge on any atom is -0.350 e. The van der Waals surface area contributed by atoms with Gasteiger partial charge in [-0.15, -0.1) is 0 Å². The Morgan fingerprint density at radius 2 is 1.68 bits per heavy atom. The van der Waals surface area contributed by atoms with Gasteiger partial charge < -0.3 is 10.2 Å². The SMILES string of the molecule is O=C(NCc1ccncc1)C1c2ccccc2CC(=O)N1Cc1ccccc1. The molecule has 28 heavy (non-hydrogen) atoms. The van der Waals surface area contributed by atoms with Crippen molar-refractivity contribution in [1.82, 2.24) is 15.2 Å². The second-order valence-electron chi connectivity index (χ2n) is 6.86. The van der Waals surface area contributed by atoms with E-state index in [0.717, 1.165) is 22.3 Å². The van der Waals surface area contributed by atoms with Gasteiger partial charge in [0, 0.05) is 25.5 Å². The van der Waals surface area contributed by atoms with Crippen molar-refractivity contribution in [2.75, 3.05) is 0 Å². The molecule has 0 fully saturated rings. The van der Waals surface area contributed by atoms with Crippen molar-refractivity contribution in [2.24, 2.45) is 0 Å². The van der Waals surface area contributed by atoms with E-state index in [-0.39, 0.29) is 11.8 Å². The topological polar surface area (TPSA) is 62.3 Å². The molecule has 1 N–H and O–H groups in total.